The SMILES string of the molecule is [SiH2]1[SiH2][SiH2]B([SiH2]B2[SiH2][SiH2][SiH2][SiH2][SiH2]2)[SiH2][SiH2]1. The molecule has 0 unspecified atom stereocenters. The standard InChI is InChI=1S/B2H22Si11/c3(1-4-8-12-9-5-1)2-6-10-13-11-7-2/h3-13H2. The first-order valence-electron chi connectivity index (χ1n) is 6.45. The van der Waals surface area contributed by atoms with Gasteiger partial charge < -0.3 is 0 Å². The molecule has 2 saturated heterocycles. The van der Waals surface area contributed by atoms with Crippen molar-refractivity contribution in [1.29, 1.82) is 0 Å². The Morgan fingerprint density at radius 1 is 0.538 bits per heavy atom. The molecule has 2 rings (SSSR count). The van der Waals surface area contributed by atoms with Gasteiger partial charge in [0, 0.05) is 0 Å². The van der Waals surface area contributed by atoms with Crippen LogP contribution >= 0.6 is 0 Å². The van der Waals surface area contributed by atoms with Gasteiger partial charge >= 0.3 is 0 Å². The molecule has 0 atom stereocenters. The monoisotopic (exact) mass is 352 g/mol. The average molecular weight is 353 g/mol. The summed E-state index contributed by atoms with van der Waals surface area (Å²) in [6.45, 7) is 0. The van der Waals surface area contributed by atoms with Gasteiger partial charge in [-0.3, -0.25) is 0 Å². The van der Waals surface area contributed by atoms with Crippen LogP contribution < -0.4 is 0 Å². The first-order valence-corrected chi connectivity index (χ1v) is 43.3. The lowest BCUT2D eigenvalue weighted by molar-refractivity contribution is 3.52. The van der Waals surface area contributed by atoms with Crippen LogP contribution in [0.1, 0.15) is 0 Å². The quantitative estimate of drug-likeness (QED) is 0.433. The second-order valence-corrected chi connectivity index (χ2v) is 84.0. The van der Waals surface area contributed by atoms with Crippen LogP contribution in [-0.2, 0) is 0 Å². The highest BCUT2D eigenvalue weighted by atomic mass is 29.8. The molecule has 72 valence electrons. The van der Waals surface area contributed by atoms with Gasteiger partial charge in [0.05, 0.1) is 11.0 Å². The zero-order valence-corrected chi connectivity index (χ0v) is 24.5. The van der Waals surface area contributed by atoms with Gasteiger partial charge in [-0.15, -0.1) is 0 Å². The molecule has 0 amide bonds. The van der Waals surface area contributed by atoms with Crippen molar-refractivity contribution in [3.8, 4) is 0 Å². The van der Waals surface area contributed by atoms with E-state index in [4.69, 9.17) is 0 Å². The maximum atomic E-state index is 1.83. The summed E-state index contributed by atoms with van der Waals surface area (Å²) in [6.07, 6.45) is 0. The van der Waals surface area contributed by atoms with E-state index in [2.05, 4.69) is 0 Å². The molecule has 0 aromatic heterocycles. The summed E-state index contributed by atoms with van der Waals surface area (Å²) in [5, 5.41) is 0. The zero-order chi connectivity index (χ0) is 8.93. The molecule has 2 aliphatic rings. The van der Waals surface area contributed by atoms with E-state index in [-0.39, 0.29) is 0 Å². The Morgan fingerprint density at radius 3 is 1.31 bits per heavy atom. The highest BCUT2D eigenvalue weighted by molar-refractivity contribution is 8.00. The van der Waals surface area contributed by atoms with Gasteiger partial charge in [0.25, 0.3) is 0 Å². The summed E-state index contributed by atoms with van der Waals surface area (Å²) in [4.78, 5) is 0. The highest BCUT2D eigenvalue weighted by Gasteiger charge is 2.26. The first-order chi connectivity index (χ1) is 6.45. The predicted molar refractivity (Wildman–Crippen MR) is 105 cm³/mol. The molecule has 2 aliphatic heterocycles. The maximum absolute atomic E-state index is 1.83. The minimum absolute atomic E-state index is 0.750. The molecule has 0 N–H and O–H groups in total. The Hall–Kier alpha value is 2.52. The van der Waals surface area contributed by atoms with Crippen molar-refractivity contribution >= 4 is 107 Å². The van der Waals surface area contributed by atoms with E-state index in [9.17, 15) is 0 Å². The van der Waals surface area contributed by atoms with Gasteiger partial charge in [-0.2, -0.15) is 0 Å². The summed E-state index contributed by atoms with van der Waals surface area (Å²) in [6, 6.07) is 0. The summed E-state index contributed by atoms with van der Waals surface area (Å²) in [5.41, 5.74) is 3.65. The van der Waals surface area contributed by atoms with Crippen LogP contribution in [0.5, 0.6) is 0 Å². The van der Waals surface area contributed by atoms with Gasteiger partial charge in [0.2, 0.25) is 0 Å². The van der Waals surface area contributed by atoms with Crippen LogP contribution in [0.3, 0.4) is 0 Å². The fourth-order valence-electron chi connectivity index (χ4n) is 3.32. The van der Waals surface area contributed by atoms with Crippen LogP contribution in [0.15, 0.2) is 0 Å². The molecule has 13 heteroatoms. The van der Waals surface area contributed by atoms with Gasteiger partial charge in [-0.1, -0.05) is 0 Å². The highest BCUT2D eigenvalue weighted by Crippen LogP contribution is 1.86. The third-order valence-corrected chi connectivity index (χ3v) is 153. The second kappa shape index (κ2) is 6.96. The number of rotatable bonds is 2. The largest absolute Gasteiger partial charge is 0.0901 e. The first kappa shape index (κ1) is 12.0. The van der Waals surface area contributed by atoms with Gasteiger partial charge in [0.15, 0.2) is 0 Å². The van der Waals surface area contributed by atoms with E-state index in [1.807, 2.05) is 11.0 Å². The summed E-state index contributed by atoms with van der Waals surface area (Å²) in [7, 11) is 9.40. The Balaban J connectivity index is 1.69. The molecule has 13 heavy (non-hydrogen) atoms. The molecular weight excluding hydrogens is 331 g/mol. The summed E-state index contributed by atoms with van der Waals surface area (Å²) in [5.74, 6) is 0. The minimum Gasteiger partial charge on any atom is -0.0426 e. The lowest BCUT2D eigenvalue weighted by Crippen LogP contribution is -2.62. The number of hydrogen-bond acceptors (Lipinski definition) is 0. The van der Waals surface area contributed by atoms with E-state index in [1.165, 1.54) is 0 Å². The fraction of sp³-hybridized carbons (Fsp3) is 0. The summed E-state index contributed by atoms with van der Waals surface area (Å²) < 4.78 is 0. The molecule has 0 aliphatic carbocycles. The van der Waals surface area contributed by atoms with Crippen LogP contribution in [0.4, 0.5) is 0 Å². The number of hydrogen-bond donors (Lipinski definition) is 0. The molecule has 0 bridgehead atoms. The van der Waals surface area contributed by atoms with Crippen molar-refractivity contribution < 1.29 is 0 Å². The van der Waals surface area contributed by atoms with Crippen LogP contribution in [0.2, 0.25) is 0 Å². The molecule has 2 heterocycles. The predicted octanol–water partition coefficient (Wildman–Crippen LogP) is -10.8. The molecule has 0 spiro atoms. The Kier molecular flexibility index (Phi) is 6.42. The van der Waals surface area contributed by atoms with Crippen LogP contribution in [-0.4, -0.2) is 107 Å². The average Bonchev–Trinajstić information content (AvgIpc) is 2.21. The Morgan fingerprint density at radius 2 is 0.923 bits per heavy atom. The van der Waals surface area contributed by atoms with E-state index in [1.54, 1.807) is 0 Å². The lowest BCUT2D eigenvalue weighted by atomic mass is 10.6. The van der Waals surface area contributed by atoms with Crippen LogP contribution in [0, 0.1) is 0 Å². The third-order valence-electron chi connectivity index (χ3n) is 4.12. The molecule has 0 aromatic rings. The fourth-order valence-corrected chi connectivity index (χ4v) is 275. The smallest absolute Gasteiger partial charge is 0.0426 e. The van der Waals surface area contributed by atoms with Crippen molar-refractivity contribution in [3.05, 3.63) is 0 Å². The molecule has 2 fully saturated rings. The van der Waals surface area contributed by atoms with Gasteiger partial charge in [0.1, 0.15) is 0 Å². The van der Waals surface area contributed by atoms with E-state index >= 15 is 0 Å². The van der Waals surface area contributed by atoms with Crippen molar-refractivity contribution in [2.24, 2.45) is 0 Å². The molecular formula is H22B2Si11. The molecule has 0 aromatic carbocycles. The maximum Gasteiger partial charge on any atom is 0.0901 e. The normalized spacial score (nSPS) is 44.3. The minimum atomic E-state index is 0.750. The molecule has 0 nitrogen and oxygen atoms in total. The van der Waals surface area contributed by atoms with E-state index in [0.717, 1.165) is 96.2 Å². The second-order valence-electron chi connectivity index (χ2n) is 5.24. The van der Waals surface area contributed by atoms with Gasteiger partial charge in [-0.25, -0.2) is 0 Å². The molecule has 0 saturated carbocycles. The van der Waals surface area contributed by atoms with Crippen molar-refractivity contribution in [2.75, 3.05) is 0 Å². The van der Waals surface area contributed by atoms with Crippen molar-refractivity contribution in [1.82, 2.24) is 0 Å². The van der Waals surface area contributed by atoms with E-state index in [0.29, 0.717) is 0 Å². The van der Waals surface area contributed by atoms with Crippen LogP contribution in [0.25, 0.3) is 0 Å². The van der Waals surface area contributed by atoms with Crippen molar-refractivity contribution in [3.63, 3.8) is 0 Å². The topological polar surface area (TPSA) is 0 Å². The summed E-state index contributed by atoms with van der Waals surface area (Å²) >= 11 is 0. The lowest BCUT2D eigenvalue weighted by Gasteiger charge is -2.22. The Labute approximate surface area is 106 Å². The zero-order valence-electron chi connectivity index (χ0n) is 8.93. The van der Waals surface area contributed by atoms with Crippen molar-refractivity contribution in [2.45, 2.75) is 0 Å². The Bertz CT molecular complexity index is 119. The molecule has 0 radical (unpaired) electrons. The van der Waals surface area contributed by atoms with Gasteiger partial charge in [-0.05, 0) is 96.2 Å². The van der Waals surface area contributed by atoms with E-state index < -0.39 is 0 Å². The third kappa shape index (κ3) is 4.49.